The van der Waals surface area contributed by atoms with Gasteiger partial charge in [-0.1, -0.05) is 19.8 Å². The topological polar surface area (TPSA) is 109 Å². The first-order chi connectivity index (χ1) is 11.7. The van der Waals surface area contributed by atoms with Crippen LogP contribution in [0.2, 0.25) is 5.28 Å². The number of carboxylic acids is 1. The number of carboxylic acid groups (broad SMARTS) is 1. The Hall–Kier alpha value is -1.96. The average molecular weight is 371 g/mol. The van der Waals surface area contributed by atoms with Gasteiger partial charge in [0, 0.05) is 12.1 Å². The highest BCUT2D eigenvalue weighted by Crippen LogP contribution is 2.40. The van der Waals surface area contributed by atoms with Crippen LogP contribution in [0.5, 0.6) is 0 Å². The van der Waals surface area contributed by atoms with Crippen LogP contribution in [0.4, 0.5) is 11.5 Å². The minimum Gasteiger partial charge on any atom is -0.481 e. The molecule has 1 N–H and O–H groups in total. The standard InChI is InChI=1S/C16H23ClN4O4/c1-4-12(16(2,3)14(22)23)20(10-7-5-6-8-10)13-11(21(24)25)9-18-15(17)19-13/h9-10,12H,4-8H2,1-3H3,(H,22,23). The SMILES string of the molecule is CCC(N(c1nc(Cl)ncc1[N+](=O)[O-])C1CCCC1)C(C)(C)C(=O)O. The summed E-state index contributed by atoms with van der Waals surface area (Å²) in [5, 5.41) is 21.1. The van der Waals surface area contributed by atoms with Crippen LogP contribution in [-0.4, -0.2) is 38.1 Å². The van der Waals surface area contributed by atoms with E-state index in [0.29, 0.717) is 6.42 Å². The van der Waals surface area contributed by atoms with E-state index in [4.69, 9.17) is 11.6 Å². The third-order valence-corrected chi connectivity index (χ3v) is 5.17. The molecule has 1 heterocycles. The molecule has 9 heteroatoms. The number of hydrogen-bond acceptors (Lipinski definition) is 6. The highest BCUT2D eigenvalue weighted by Gasteiger charge is 2.44. The first kappa shape index (κ1) is 19.4. The third kappa shape index (κ3) is 3.84. The van der Waals surface area contributed by atoms with Gasteiger partial charge in [0.2, 0.25) is 11.1 Å². The summed E-state index contributed by atoms with van der Waals surface area (Å²) in [6.45, 7) is 5.16. The lowest BCUT2D eigenvalue weighted by Gasteiger charge is -2.43. The summed E-state index contributed by atoms with van der Waals surface area (Å²) in [5.74, 6) is -0.844. The molecular weight excluding hydrogens is 348 g/mol. The predicted molar refractivity (Wildman–Crippen MR) is 93.9 cm³/mol. The Morgan fingerprint density at radius 3 is 2.60 bits per heavy atom. The monoisotopic (exact) mass is 370 g/mol. The molecule has 1 aliphatic rings. The Morgan fingerprint density at radius 2 is 2.12 bits per heavy atom. The van der Waals surface area contributed by atoms with Crippen molar-refractivity contribution in [2.45, 2.75) is 65.0 Å². The fourth-order valence-corrected chi connectivity index (χ4v) is 3.75. The zero-order valence-corrected chi connectivity index (χ0v) is 15.4. The van der Waals surface area contributed by atoms with Gasteiger partial charge in [-0.15, -0.1) is 0 Å². The number of hydrogen-bond donors (Lipinski definition) is 1. The molecule has 8 nitrogen and oxygen atoms in total. The van der Waals surface area contributed by atoms with Gasteiger partial charge >= 0.3 is 11.7 Å². The van der Waals surface area contributed by atoms with Crippen molar-refractivity contribution in [3.05, 3.63) is 21.6 Å². The van der Waals surface area contributed by atoms with Crippen molar-refractivity contribution in [1.82, 2.24) is 9.97 Å². The molecule has 0 aromatic carbocycles. The quantitative estimate of drug-likeness (QED) is 0.442. The summed E-state index contributed by atoms with van der Waals surface area (Å²) in [5.41, 5.74) is -1.36. The molecule has 1 aliphatic carbocycles. The first-order valence-corrected chi connectivity index (χ1v) is 8.76. The van der Waals surface area contributed by atoms with Crippen LogP contribution >= 0.6 is 11.6 Å². The smallest absolute Gasteiger partial charge is 0.329 e. The van der Waals surface area contributed by atoms with E-state index >= 15 is 0 Å². The molecular formula is C16H23ClN4O4. The molecule has 0 aliphatic heterocycles. The van der Waals surface area contributed by atoms with Gasteiger partial charge < -0.3 is 10.0 Å². The zero-order valence-electron chi connectivity index (χ0n) is 14.6. The number of nitro groups is 1. The van der Waals surface area contributed by atoms with Crippen LogP contribution < -0.4 is 4.90 Å². The molecule has 2 rings (SSSR count). The summed E-state index contributed by atoms with van der Waals surface area (Å²) in [6.07, 6.45) is 5.27. The van der Waals surface area contributed by atoms with Gasteiger partial charge in [-0.3, -0.25) is 14.9 Å². The van der Waals surface area contributed by atoms with E-state index in [1.165, 1.54) is 0 Å². The highest BCUT2D eigenvalue weighted by molar-refractivity contribution is 6.28. The number of rotatable bonds is 7. The van der Waals surface area contributed by atoms with Crippen LogP contribution in [0, 0.1) is 15.5 Å². The molecule has 1 aromatic heterocycles. The summed E-state index contributed by atoms with van der Waals surface area (Å²) in [6, 6.07) is -0.467. The van der Waals surface area contributed by atoms with Gasteiger partial charge in [0.1, 0.15) is 6.20 Å². The summed E-state index contributed by atoms with van der Waals surface area (Å²) in [4.78, 5) is 32.4. The van der Waals surface area contributed by atoms with Crippen LogP contribution in [0.25, 0.3) is 0 Å². The van der Waals surface area contributed by atoms with Gasteiger partial charge in [-0.2, -0.15) is 4.98 Å². The van der Waals surface area contributed by atoms with Crippen molar-refractivity contribution in [1.29, 1.82) is 0 Å². The van der Waals surface area contributed by atoms with E-state index in [-0.39, 0.29) is 22.8 Å². The van der Waals surface area contributed by atoms with Crippen molar-refractivity contribution in [2.24, 2.45) is 5.41 Å². The molecule has 1 atom stereocenters. The number of carbonyl (C=O) groups is 1. The molecule has 0 saturated heterocycles. The van der Waals surface area contributed by atoms with Crippen LogP contribution in [0.1, 0.15) is 52.9 Å². The average Bonchev–Trinajstić information content (AvgIpc) is 3.05. The summed E-state index contributed by atoms with van der Waals surface area (Å²) in [7, 11) is 0. The zero-order chi connectivity index (χ0) is 18.8. The molecule has 1 fully saturated rings. The van der Waals surface area contributed by atoms with Gasteiger partial charge in [0.25, 0.3) is 0 Å². The van der Waals surface area contributed by atoms with Crippen molar-refractivity contribution in [2.75, 3.05) is 4.90 Å². The second kappa shape index (κ2) is 7.51. The fraction of sp³-hybridized carbons (Fsp3) is 0.688. The lowest BCUT2D eigenvalue weighted by molar-refractivity contribution is -0.384. The Kier molecular flexibility index (Phi) is 5.82. The Bertz CT molecular complexity index is 662. The van der Waals surface area contributed by atoms with Gasteiger partial charge in [0.15, 0.2) is 0 Å². The Labute approximate surface area is 151 Å². The Morgan fingerprint density at radius 1 is 1.52 bits per heavy atom. The fourth-order valence-electron chi connectivity index (χ4n) is 3.62. The first-order valence-electron chi connectivity index (χ1n) is 8.38. The van der Waals surface area contributed by atoms with Crippen molar-refractivity contribution in [3.8, 4) is 0 Å². The lowest BCUT2D eigenvalue weighted by Crippen LogP contribution is -2.53. The van der Waals surface area contributed by atoms with Crippen LogP contribution in [0.15, 0.2) is 6.20 Å². The van der Waals surface area contributed by atoms with Crippen molar-refractivity contribution in [3.63, 3.8) is 0 Å². The highest BCUT2D eigenvalue weighted by atomic mass is 35.5. The largest absolute Gasteiger partial charge is 0.481 e. The van der Waals surface area contributed by atoms with E-state index in [1.807, 2.05) is 11.8 Å². The molecule has 0 amide bonds. The van der Waals surface area contributed by atoms with E-state index < -0.39 is 22.3 Å². The number of halogens is 1. The number of anilines is 1. The lowest BCUT2D eigenvalue weighted by atomic mass is 9.81. The Balaban J connectivity index is 2.63. The van der Waals surface area contributed by atoms with Gasteiger partial charge in [-0.25, -0.2) is 4.98 Å². The second-order valence-electron chi connectivity index (χ2n) is 6.90. The molecule has 1 aromatic rings. The van der Waals surface area contributed by atoms with Gasteiger partial charge in [-0.05, 0) is 44.7 Å². The molecule has 25 heavy (non-hydrogen) atoms. The minimum atomic E-state index is -1.11. The number of aliphatic carboxylic acids is 1. The third-order valence-electron chi connectivity index (χ3n) is 4.99. The van der Waals surface area contributed by atoms with Crippen molar-refractivity contribution < 1.29 is 14.8 Å². The minimum absolute atomic E-state index is 0.00626. The maximum absolute atomic E-state index is 11.8. The number of nitrogens with zero attached hydrogens (tertiary/aromatic N) is 4. The van der Waals surface area contributed by atoms with Crippen molar-refractivity contribution >= 4 is 29.1 Å². The normalized spacial score (nSPS) is 16.6. The molecule has 0 spiro atoms. The van der Waals surface area contributed by atoms with E-state index in [1.54, 1.807) is 13.8 Å². The molecule has 1 saturated carbocycles. The predicted octanol–water partition coefficient (Wildman–Crippen LogP) is 3.68. The maximum atomic E-state index is 11.8. The molecule has 138 valence electrons. The number of aromatic nitrogens is 2. The summed E-state index contributed by atoms with van der Waals surface area (Å²) < 4.78 is 0. The second-order valence-corrected chi connectivity index (χ2v) is 7.24. The molecule has 0 radical (unpaired) electrons. The van der Waals surface area contributed by atoms with Gasteiger partial charge in [0.05, 0.1) is 10.3 Å². The summed E-state index contributed by atoms with van der Waals surface area (Å²) >= 11 is 5.91. The van der Waals surface area contributed by atoms with Crippen LogP contribution in [0.3, 0.4) is 0 Å². The van der Waals surface area contributed by atoms with Crippen LogP contribution in [-0.2, 0) is 4.79 Å². The maximum Gasteiger partial charge on any atom is 0.329 e. The van der Waals surface area contributed by atoms with E-state index in [0.717, 1.165) is 31.9 Å². The van der Waals surface area contributed by atoms with E-state index in [9.17, 15) is 20.0 Å². The van der Waals surface area contributed by atoms with E-state index in [2.05, 4.69) is 9.97 Å². The molecule has 0 bridgehead atoms. The molecule has 1 unspecified atom stereocenters.